The van der Waals surface area contributed by atoms with Crippen LogP contribution in [0.4, 0.5) is 0 Å². The number of nitrogens with zero attached hydrogens (tertiary/aromatic N) is 1. The number of carboxylic acid groups (broad SMARTS) is 1. The number of aryl methyl sites for hydroxylation is 1. The molecule has 1 N–H and O–H groups in total. The zero-order valence-corrected chi connectivity index (χ0v) is 14.5. The van der Waals surface area contributed by atoms with E-state index in [1.807, 2.05) is 34.9 Å². The van der Waals surface area contributed by atoms with Gasteiger partial charge >= 0.3 is 5.97 Å². The van der Waals surface area contributed by atoms with E-state index in [9.17, 15) is 14.7 Å². The number of carboxylic acids is 1. The first-order valence-corrected chi connectivity index (χ1v) is 8.79. The van der Waals surface area contributed by atoms with Crippen molar-refractivity contribution in [2.75, 3.05) is 0 Å². The van der Waals surface area contributed by atoms with Crippen LogP contribution in [-0.2, 0) is 17.8 Å². The van der Waals surface area contributed by atoms with Crippen LogP contribution in [0.2, 0.25) is 0 Å². The van der Waals surface area contributed by atoms with Crippen LogP contribution in [0, 0.1) is 0 Å². The van der Waals surface area contributed by atoms with Gasteiger partial charge in [-0.2, -0.15) is 0 Å². The normalized spacial score (nSPS) is 15.8. The number of aromatic nitrogens is 1. The minimum Gasteiger partial charge on any atom is -0.481 e. The molecule has 2 heterocycles. The number of hydrogen-bond acceptors (Lipinski definition) is 2. The highest BCUT2D eigenvalue weighted by molar-refractivity contribution is 6.09. The molecule has 25 heavy (non-hydrogen) atoms. The summed E-state index contributed by atoms with van der Waals surface area (Å²) >= 11 is 0. The average Bonchev–Trinajstić information content (AvgIpc) is 3.17. The highest BCUT2D eigenvalue weighted by Gasteiger charge is 2.34. The van der Waals surface area contributed by atoms with Gasteiger partial charge in [0.1, 0.15) is 0 Å². The second-order valence-corrected chi connectivity index (χ2v) is 6.53. The summed E-state index contributed by atoms with van der Waals surface area (Å²) in [5, 5.41) is 9.44. The van der Waals surface area contributed by atoms with Gasteiger partial charge in [0.15, 0.2) is 0 Å². The van der Waals surface area contributed by atoms with Gasteiger partial charge < -0.3 is 9.67 Å². The van der Waals surface area contributed by atoms with Crippen LogP contribution in [0.3, 0.4) is 0 Å². The molecule has 1 atom stereocenters. The molecule has 0 saturated heterocycles. The lowest BCUT2D eigenvalue weighted by atomic mass is 9.99. The van der Waals surface area contributed by atoms with Crippen molar-refractivity contribution in [3.63, 3.8) is 0 Å². The van der Waals surface area contributed by atoms with Crippen LogP contribution in [-0.4, -0.2) is 21.4 Å². The summed E-state index contributed by atoms with van der Waals surface area (Å²) in [5.41, 5.74) is 4.00. The molecule has 0 spiro atoms. The van der Waals surface area contributed by atoms with E-state index >= 15 is 0 Å². The third-order valence-corrected chi connectivity index (χ3v) is 4.93. The maximum atomic E-state index is 13.1. The minimum atomic E-state index is -0.812. The van der Waals surface area contributed by atoms with Crippen LogP contribution in [0.15, 0.2) is 36.9 Å². The Hall–Kier alpha value is -2.62. The Morgan fingerprint density at radius 3 is 2.64 bits per heavy atom. The number of carbonyl (C=O) groups excluding carboxylic acids is 1. The molecule has 4 heteroatoms. The van der Waals surface area contributed by atoms with Crippen LogP contribution in [0.25, 0.3) is 6.08 Å². The summed E-state index contributed by atoms with van der Waals surface area (Å²) in [6, 6.07) is 9.31. The summed E-state index contributed by atoms with van der Waals surface area (Å²) in [6.45, 7) is 6.43. The van der Waals surface area contributed by atoms with Gasteiger partial charge in [0.25, 0.3) is 0 Å². The Labute approximate surface area is 147 Å². The van der Waals surface area contributed by atoms with Crippen molar-refractivity contribution in [1.82, 2.24) is 4.57 Å². The molecule has 1 aromatic heterocycles. The van der Waals surface area contributed by atoms with Crippen LogP contribution in [0.1, 0.15) is 65.0 Å². The van der Waals surface area contributed by atoms with E-state index in [0.717, 1.165) is 36.1 Å². The van der Waals surface area contributed by atoms with E-state index in [-0.39, 0.29) is 5.78 Å². The molecule has 0 amide bonds. The fraction of sp³-hybridized carbons (Fsp3) is 0.333. The average molecular weight is 337 g/mol. The predicted molar refractivity (Wildman–Crippen MR) is 98.0 cm³/mol. The van der Waals surface area contributed by atoms with Crippen LogP contribution < -0.4 is 0 Å². The van der Waals surface area contributed by atoms with Crippen molar-refractivity contribution in [3.05, 3.63) is 65.0 Å². The molecule has 1 aliphatic heterocycles. The van der Waals surface area contributed by atoms with Gasteiger partial charge in [-0.3, -0.25) is 9.59 Å². The van der Waals surface area contributed by atoms with Gasteiger partial charge in [0.05, 0.1) is 11.6 Å². The number of rotatable bonds is 7. The zero-order chi connectivity index (χ0) is 18.0. The van der Waals surface area contributed by atoms with E-state index in [0.29, 0.717) is 24.2 Å². The molecule has 2 aromatic rings. The smallest absolute Gasteiger partial charge is 0.312 e. The van der Waals surface area contributed by atoms with Gasteiger partial charge in [-0.25, -0.2) is 0 Å². The van der Waals surface area contributed by atoms with E-state index in [4.69, 9.17) is 0 Å². The molecule has 0 aliphatic carbocycles. The van der Waals surface area contributed by atoms with Gasteiger partial charge in [-0.15, -0.1) is 0 Å². The van der Waals surface area contributed by atoms with Gasteiger partial charge in [0, 0.05) is 17.8 Å². The van der Waals surface area contributed by atoms with Gasteiger partial charge in [-0.05, 0) is 36.5 Å². The van der Waals surface area contributed by atoms with Crippen molar-refractivity contribution >= 4 is 17.8 Å². The molecule has 1 aliphatic rings. The molecule has 3 rings (SSSR count). The second kappa shape index (κ2) is 7.09. The molecule has 0 saturated carbocycles. The third kappa shape index (κ3) is 3.16. The first-order valence-electron chi connectivity index (χ1n) is 8.79. The SMILES string of the molecule is C=Cc1ccc(C(=O)c2c(CCCC)cc3n2CCC3C(=O)O)cc1. The molecule has 0 bridgehead atoms. The second-order valence-electron chi connectivity index (χ2n) is 6.53. The van der Waals surface area contributed by atoms with Gasteiger partial charge in [-0.1, -0.05) is 50.3 Å². The number of benzene rings is 1. The lowest BCUT2D eigenvalue weighted by molar-refractivity contribution is -0.138. The highest BCUT2D eigenvalue weighted by atomic mass is 16.4. The van der Waals surface area contributed by atoms with Crippen molar-refractivity contribution in [1.29, 1.82) is 0 Å². The van der Waals surface area contributed by atoms with E-state index in [1.54, 1.807) is 6.08 Å². The Bertz CT molecular complexity index is 814. The van der Waals surface area contributed by atoms with Crippen molar-refractivity contribution in [2.45, 2.75) is 45.1 Å². The summed E-state index contributed by atoms with van der Waals surface area (Å²) < 4.78 is 1.92. The number of ketones is 1. The lowest BCUT2D eigenvalue weighted by Gasteiger charge is -2.09. The first-order chi connectivity index (χ1) is 12.1. The van der Waals surface area contributed by atoms with E-state index in [2.05, 4.69) is 13.5 Å². The maximum absolute atomic E-state index is 13.1. The predicted octanol–water partition coefficient (Wildman–Crippen LogP) is 4.28. The molecule has 1 aromatic carbocycles. The summed E-state index contributed by atoms with van der Waals surface area (Å²) in [4.78, 5) is 24.6. The monoisotopic (exact) mass is 337 g/mol. The highest BCUT2D eigenvalue weighted by Crippen LogP contribution is 2.34. The fourth-order valence-electron chi connectivity index (χ4n) is 3.55. The topological polar surface area (TPSA) is 59.3 Å². The molecular weight excluding hydrogens is 314 g/mol. The Morgan fingerprint density at radius 2 is 2.04 bits per heavy atom. The van der Waals surface area contributed by atoms with Crippen LogP contribution >= 0.6 is 0 Å². The van der Waals surface area contributed by atoms with E-state index in [1.165, 1.54) is 0 Å². The Balaban J connectivity index is 2.03. The molecule has 0 fully saturated rings. The first kappa shape index (κ1) is 17.2. The maximum Gasteiger partial charge on any atom is 0.312 e. The van der Waals surface area contributed by atoms with Crippen molar-refractivity contribution in [3.8, 4) is 0 Å². The standard InChI is InChI=1S/C21H23NO3/c1-3-5-6-16-13-18-17(21(24)25)11-12-22(18)19(16)20(23)15-9-7-14(4-2)8-10-15/h4,7-10,13,17H,2-3,5-6,11-12H2,1H3,(H,24,25). The third-order valence-electron chi connectivity index (χ3n) is 4.93. The lowest BCUT2D eigenvalue weighted by Crippen LogP contribution is -2.11. The van der Waals surface area contributed by atoms with E-state index < -0.39 is 11.9 Å². The number of unbranched alkanes of at least 4 members (excludes halogenated alkanes) is 1. The number of hydrogen-bond donors (Lipinski definition) is 1. The molecular formula is C21H23NO3. The Morgan fingerprint density at radius 1 is 1.32 bits per heavy atom. The minimum absolute atomic E-state index is 0.0287. The fourth-order valence-corrected chi connectivity index (χ4v) is 3.55. The van der Waals surface area contributed by atoms with Crippen LogP contribution in [0.5, 0.6) is 0 Å². The van der Waals surface area contributed by atoms with Crippen molar-refractivity contribution < 1.29 is 14.7 Å². The Kier molecular flexibility index (Phi) is 4.88. The molecule has 0 radical (unpaired) electrons. The largest absolute Gasteiger partial charge is 0.481 e. The molecule has 1 unspecified atom stereocenters. The zero-order valence-electron chi connectivity index (χ0n) is 14.5. The summed E-state index contributed by atoms with van der Waals surface area (Å²) in [5.74, 6) is -1.35. The molecule has 4 nitrogen and oxygen atoms in total. The molecule has 130 valence electrons. The number of fused-ring (bicyclic) bond motifs is 1. The summed E-state index contributed by atoms with van der Waals surface area (Å²) in [6.07, 6.45) is 5.11. The number of aliphatic carboxylic acids is 1. The van der Waals surface area contributed by atoms with Gasteiger partial charge in [0.2, 0.25) is 5.78 Å². The summed E-state index contributed by atoms with van der Waals surface area (Å²) in [7, 11) is 0. The number of carbonyl (C=O) groups is 2. The van der Waals surface area contributed by atoms with Crippen molar-refractivity contribution in [2.24, 2.45) is 0 Å². The quantitative estimate of drug-likeness (QED) is 0.767.